The molecule has 0 unspecified atom stereocenters. The third kappa shape index (κ3) is 6.15. The van der Waals surface area contributed by atoms with E-state index in [1.807, 2.05) is 6.92 Å². The monoisotopic (exact) mass is 498 g/mol. The summed E-state index contributed by atoms with van der Waals surface area (Å²) in [6, 6.07) is 16.2. The summed E-state index contributed by atoms with van der Waals surface area (Å²) in [5.41, 5.74) is 1.55. The number of aryl methyl sites for hydroxylation is 1. The number of fused-ring (bicyclic) bond motifs is 1. The van der Waals surface area contributed by atoms with Gasteiger partial charge in [-0.2, -0.15) is 0 Å². The van der Waals surface area contributed by atoms with Crippen molar-refractivity contribution in [3.05, 3.63) is 66.2 Å². The molecule has 1 heterocycles. The number of carbonyl (C=O) groups excluding carboxylic acids is 1. The average molecular weight is 499 g/mol. The van der Waals surface area contributed by atoms with Crippen molar-refractivity contribution in [2.75, 3.05) is 36.5 Å². The molecule has 2 N–H and O–H groups in total. The zero-order chi connectivity index (χ0) is 24.8. The standard InChI is InChI=1S/C25H26N2O7S/c1-3-31-20-7-4-18(5-8-20)27-35(29,30)21-9-11-22(17(2)14-21)34-16-25(28)26-19-6-10-23-24(15-19)33-13-12-32-23/h4-11,14-15,27H,3,12-13,16H2,1-2H3,(H,26,28). The number of nitrogens with one attached hydrogen (secondary N) is 2. The Balaban J connectivity index is 1.35. The Kier molecular flexibility index (Phi) is 7.31. The van der Waals surface area contributed by atoms with Crippen LogP contribution in [0.4, 0.5) is 11.4 Å². The number of benzene rings is 3. The van der Waals surface area contributed by atoms with Crippen molar-refractivity contribution in [3.63, 3.8) is 0 Å². The van der Waals surface area contributed by atoms with Crippen molar-refractivity contribution in [1.82, 2.24) is 0 Å². The molecule has 1 aliphatic rings. The van der Waals surface area contributed by atoms with Gasteiger partial charge in [0.1, 0.15) is 24.7 Å². The van der Waals surface area contributed by atoms with Crippen LogP contribution < -0.4 is 29.0 Å². The maximum absolute atomic E-state index is 12.8. The topological polar surface area (TPSA) is 112 Å². The Morgan fingerprint density at radius 1 is 0.914 bits per heavy atom. The maximum Gasteiger partial charge on any atom is 0.262 e. The second-order valence-electron chi connectivity index (χ2n) is 7.69. The van der Waals surface area contributed by atoms with E-state index in [1.165, 1.54) is 18.2 Å². The molecule has 0 saturated heterocycles. The van der Waals surface area contributed by atoms with Crippen LogP contribution in [0.25, 0.3) is 0 Å². The minimum atomic E-state index is -3.81. The molecule has 0 aliphatic carbocycles. The number of hydrogen-bond acceptors (Lipinski definition) is 7. The fraction of sp³-hybridized carbons (Fsp3) is 0.240. The predicted octanol–water partition coefficient (Wildman–Crippen LogP) is 3.98. The quantitative estimate of drug-likeness (QED) is 0.459. The summed E-state index contributed by atoms with van der Waals surface area (Å²) in [5, 5.41) is 2.74. The van der Waals surface area contributed by atoms with Gasteiger partial charge in [0.15, 0.2) is 18.1 Å². The number of anilines is 2. The van der Waals surface area contributed by atoms with Crippen molar-refractivity contribution < 1.29 is 32.2 Å². The first-order valence-corrected chi connectivity index (χ1v) is 12.5. The molecule has 0 aromatic heterocycles. The summed E-state index contributed by atoms with van der Waals surface area (Å²) >= 11 is 0. The molecule has 0 fully saturated rings. The van der Waals surface area contributed by atoms with Gasteiger partial charge < -0.3 is 24.3 Å². The minimum Gasteiger partial charge on any atom is -0.494 e. The highest BCUT2D eigenvalue weighted by Gasteiger charge is 2.17. The molecule has 0 saturated carbocycles. The van der Waals surface area contributed by atoms with Crippen molar-refractivity contribution in [1.29, 1.82) is 0 Å². The highest BCUT2D eigenvalue weighted by Crippen LogP contribution is 2.32. The van der Waals surface area contributed by atoms with E-state index < -0.39 is 10.0 Å². The Labute approximate surface area is 204 Å². The smallest absolute Gasteiger partial charge is 0.262 e. The van der Waals surface area contributed by atoms with E-state index in [9.17, 15) is 13.2 Å². The SMILES string of the molecule is CCOc1ccc(NS(=O)(=O)c2ccc(OCC(=O)Nc3ccc4c(c3)OCCO4)c(C)c2)cc1. The second kappa shape index (κ2) is 10.6. The lowest BCUT2D eigenvalue weighted by Gasteiger charge is -2.19. The molecule has 0 atom stereocenters. The third-order valence-electron chi connectivity index (χ3n) is 5.06. The first-order chi connectivity index (χ1) is 16.8. The summed E-state index contributed by atoms with van der Waals surface area (Å²) in [4.78, 5) is 12.4. The van der Waals surface area contributed by atoms with Gasteiger partial charge in [0, 0.05) is 17.4 Å². The van der Waals surface area contributed by atoms with Crippen molar-refractivity contribution in [3.8, 4) is 23.0 Å². The van der Waals surface area contributed by atoms with E-state index in [-0.39, 0.29) is 17.4 Å². The second-order valence-corrected chi connectivity index (χ2v) is 9.37. The maximum atomic E-state index is 12.8. The van der Waals surface area contributed by atoms with E-state index in [1.54, 1.807) is 49.4 Å². The summed E-state index contributed by atoms with van der Waals surface area (Å²) in [5.74, 6) is 1.90. The molecule has 0 spiro atoms. The Morgan fingerprint density at radius 2 is 1.63 bits per heavy atom. The van der Waals surface area contributed by atoms with Crippen LogP contribution in [-0.2, 0) is 14.8 Å². The first-order valence-electron chi connectivity index (χ1n) is 11.0. The van der Waals surface area contributed by atoms with Crippen molar-refractivity contribution >= 4 is 27.3 Å². The highest BCUT2D eigenvalue weighted by atomic mass is 32.2. The molecular weight excluding hydrogens is 472 g/mol. The normalized spacial score (nSPS) is 12.5. The Hall–Kier alpha value is -3.92. The average Bonchev–Trinajstić information content (AvgIpc) is 2.84. The number of carbonyl (C=O) groups is 1. The van der Waals surface area contributed by atoms with Crippen LogP contribution >= 0.6 is 0 Å². The van der Waals surface area contributed by atoms with E-state index in [0.29, 0.717) is 59.8 Å². The molecule has 35 heavy (non-hydrogen) atoms. The summed E-state index contributed by atoms with van der Waals surface area (Å²) in [6.07, 6.45) is 0. The Bertz CT molecular complexity index is 1310. The van der Waals surface area contributed by atoms with Crippen molar-refractivity contribution in [2.45, 2.75) is 18.7 Å². The van der Waals surface area contributed by atoms with Gasteiger partial charge in [-0.1, -0.05) is 0 Å². The summed E-state index contributed by atoms with van der Waals surface area (Å²) < 4.78 is 50.1. The number of amides is 1. The molecule has 4 rings (SSSR count). The zero-order valence-electron chi connectivity index (χ0n) is 19.4. The molecule has 1 aliphatic heterocycles. The molecule has 184 valence electrons. The van der Waals surface area contributed by atoms with Gasteiger partial charge in [-0.05, 0) is 74.0 Å². The van der Waals surface area contributed by atoms with E-state index >= 15 is 0 Å². The number of hydrogen-bond donors (Lipinski definition) is 2. The van der Waals surface area contributed by atoms with Crippen LogP contribution in [0.2, 0.25) is 0 Å². The molecule has 9 nitrogen and oxygen atoms in total. The van der Waals surface area contributed by atoms with Gasteiger partial charge >= 0.3 is 0 Å². The minimum absolute atomic E-state index is 0.0805. The fourth-order valence-electron chi connectivity index (χ4n) is 3.41. The molecule has 3 aromatic carbocycles. The van der Waals surface area contributed by atoms with Gasteiger partial charge in [-0.25, -0.2) is 8.42 Å². The fourth-order valence-corrected chi connectivity index (χ4v) is 4.56. The van der Waals surface area contributed by atoms with Gasteiger partial charge in [-0.3, -0.25) is 9.52 Å². The third-order valence-corrected chi connectivity index (χ3v) is 6.44. The van der Waals surface area contributed by atoms with Gasteiger partial charge in [0.05, 0.1) is 11.5 Å². The van der Waals surface area contributed by atoms with Crippen LogP contribution in [0, 0.1) is 6.92 Å². The summed E-state index contributed by atoms with van der Waals surface area (Å²) in [7, 11) is -3.81. The Morgan fingerprint density at radius 3 is 2.34 bits per heavy atom. The van der Waals surface area contributed by atoms with Crippen LogP contribution in [-0.4, -0.2) is 40.8 Å². The number of ether oxygens (including phenoxy) is 4. The number of sulfonamides is 1. The molecule has 3 aromatic rings. The van der Waals surface area contributed by atoms with Crippen LogP contribution in [0.15, 0.2) is 65.6 Å². The summed E-state index contributed by atoms with van der Waals surface area (Å²) in [6.45, 7) is 4.81. The molecule has 1 amide bonds. The van der Waals surface area contributed by atoms with E-state index in [0.717, 1.165) is 0 Å². The van der Waals surface area contributed by atoms with Gasteiger partial charge in [0.2, 0.25) is 0 Å². The number of rotatable bonds is 9. The van der Waals surface area contributed by atoms with Crippen LogP contribution in [0.5, 0.6) is 23.0 Å². The van der Waals surface area contributed by atoms with Crippen LogP contribution in [0.3, 0.4) is 0 Å². The lowest BCUT2D eigenvalue weighted by Crippen LogP contribution is -2.21. The van der Waals surface area contributed by atoms with Crippen LogP contribution in [0.1, 0.15) is 12.5 Å². The predicted molar refractivity (Wildman–Crippen MR) is 131 cm³/mol. The highest BCUT2D eigenvalue weighted by molar-refractivity contribution is 7.92. The lowest BCUT2D eigenvalue weighted by molar-refractivity contribution is -0.118. The molecule has 0 bridgehead atoms. The van der Waals surface area contributed by atoms with E-state index in [2.05, 4.69) is 10.0 Å². The largest absolute Gasteiger partial charge is 0.494 e. The van der Waals surface area contributed by atoms with Gasteiger partial charge in [0.25, 0.3) is 15.9 Å². The molecular formula is C25H26N2O7S. The molecule has 0 radical (unpaired) electrons. The molecule has 10 heteroatoms. The zero-order valence-corrected chi connectivity index (χ0v) is 20.2. The van der Waals surface area contributed by atoms with Crippen molar-refractivity contribution in [2.24, 2.45) is 0 Å². The van der Waals surface area contributed by atoms with Gasteiger partial charge in [-0.15, -0.1) is 0 Å². The first kappa shape index (κ1) is 24.2. The van der Waals surface area contributed by atoms with E-state index in [4.69, 9.17) is 18.9 Å². The lowest BCUT2D eigenvalue weighted by atomic mass is 10.2.